The highest BCUT2D eigenvalue weighted by molar-refractivity contribution is 9.10. The Kier molecular flexibility index (Phi) is 4.39. The molecule has 0 aliphatic heterocycles. The normalized spacial score (nSPS) is 10.4. The summed E-state index contributed by atoms with van der Waals surface area (Å²) in [4.78, 5) is 0. The minimum atomic E-state index is 0.0750. The number of benzene rings is 2. The van der Waals surface area contributed by atoms with Crippen LogP contribution in [0.1, 0.15) is 16.7 Å². The van der Waals surface area contributed by atoms with Crippen LogP contribution >= 0.6 is 15.9 Å². The van der Waals surface area contributed by atoms with Crippen molar-refractivity contribution in [1.82, 2.24) is 0 Å². The van der Waals surface area contributed by atoms with Crippen LogP contribution in [0.5, 0.6) is 0 Å². The average Bonchev–Trinajstić information content (AvgIpc) is 2.40. The van der Waals surface area contributed by atoms with Crippen LogP contribution in [0.15, 0.2) is 46.9 Å². The lowest BCUT2D eigenvalue weighted by molar-refractivity contribution is 0.282. The molecule has 0 fully saturated rings. The van der Waals surface area contributed by atoms with Crippen LogP contribution in [0.3, 0.4) is 0 Å². The molecule has 2 aromatic carbocycles. The molecule has 0 aliphatic rings. The highest BCUT2D eigenvalue weighted by Crippen LogP contribution is 2.18. The van der Waals surface area contributed by atoms with E-state index >= 15 is 0 Å². The third-order valence-electron chi connectivity index (χ3n) is 2.84. The van der Waals surface area contributed by atoms with Crippen molar-refractivity contribution in [2.75, 3.05) is 5.32 Å². The zero-order valence-electron chi connectivity index (χ0n) is 10.3. The molecule has 0 atom stereocenters. The molecule has 0 heterocycles. The van der Waals surface area contributed by atoms with Crippen LogP contribution in [-0.4, -0.2) is 5.11 Å². The van der Waals surface area contributed by atoms with Crippen molar-refractivity contribution < 1.29 is 5.11 Å². The molecule has 0 radical (unpaired) electrons. The molecule has 0 saturated carbocycles. The first-order valence-corrected chi connectivity index (χ1v) is 6.67. The quantitative estimate of drug-likeness (QED) is 0.899. The molecular weight excluding hydrogens is 290 g/mol. The molecule has 0 aromatic heterocycles. The Hall–Kier alpha value is -1.32. The minimum absolute atomic E-state index is 0.0750. The van der Waals surface area contributed by atoms with E-state index in [1.165, 1.54) is 11.1 Å². The fraction of sp³-hybridized carbons (Fsp3) is 0.200. The lowest BCUT2D eigenvalue weighted by Gasteiger charge is -2.09. The second-order valence-electron chi connectivity index (χ2n) is 4.30. The minimum Gasteiger partial charge on any atom is -0.392 e. The molecular formula is C15H16BrNO. The third kappa shape index (κ3) is 3.34. The van der Waals surface area contributed by atoms with E-state index in [0.29, 0.717) is 0 Å². The van der Waals surface area contributed by atoms with Crippen LogP contribution in [-0.2, 0) is 13.2 Å². The molecule has 18 heavy (non-hydrogen) atoms. The van der Waals surface area contributed by atoms with Gasteiger partial charge in [0.25, 0.3) is 0 Å². The number of aliphatic hydroxyl groups is 1. The maximum atomic E-state index is 9.08. The lowest BCUT2D eigenvalue weighted by Crippen LogP contribution is -2.00. The Labute approximate surface area is 116 Å². The molecule has 0 unspecified atom stereocenters. The standard InChI is InChI=1S/C15H16BrNO/c1-11-5-6-12(8-15(11)16)9-17-14-4-2-3-13(7-14)10-18/h2-8,17-18H,9-10H2,1H3. The summed E-state index contributed by atoms with van der Waals surface area (Å²) in [6.45, 7) is 2.92. The van der Waals surface area contributed by atoms with Crippen LogP contribution in [0.2, 0.25) is 0 Å². The molecule has 0 bridgehead atoms. The van der Waals surface area contributed by atoms with E-state index in [0.717, 1.165) is 22.3 Å². The maximum absolute atomic E-state index is 9.08. The van der Waals surface area contributed by atoms with E-state index in [2.05, 4.69) is 46.4 Å². The van der Waals surface area contributed by atoms with Gasteiger partial charge in [0.15, 0.2) is 0 Å². The fourth-order valence-electron chi connectivity index (χ4n) is 1.73. The number of aryl methyl sites for hydroxylation is 1. The molecule has 0 amide bonds. The summed E-state index contributed by atoms with van der Waals surface area (Å²) in [5, 5.41) is 12.4. The van der Waals surface area contributed by atoms with E-state index < -0.39 is 0 Å². The summed E-state index contributed by atoms with van der Waals surface area (Å²) in [5.74, 6) is 0. The predicted molar refractivity (Wildman–Crippen MR) is 78.6 cm³/mol. The molecule has 0 spiro atoms. The van der Waals surface area contributed by atoms with Crippen molar-refractivity contribution in [2.24, 2.45) is 0 Å². The SMILES string of the molecule is Cc1ccc(CNc2cccc(CO)c2)cc1Br. The number of aliphatic hydroxyl groups excluding tert-OH is 1. The van der Waals surface area contributed by atoms with Crippen LogP contribution in [0.4, 0.5) is 5.69 Å². The van der Waals surface area contributed by atoms with E-state index in [-0.39, 0.29) is 6.61 Å². The van der Waals surface area contributed by atoms with Gasteiger partial charge in [0, 0.05) is 16.7 Å². The molecule has 0 saturated heterocycles. The number of hydrogen-bond donors (Lipinski definition) is 2. The van der Waals surface area contributed by atoms with Crippen molar-refractivity contribution >= 4 is 21.6 Å². The van der Waals surface area contributed by atoms with Gasteiger partial charge in [-0.3, -0.25) is 0 Å². The summed E-state index contributed by atoms with van der Waals surface area (Å²) >= 11 is 3.53. The number of nitrogens with one attached hydrogen (secondary N) is 1. The number of halogens is 1. The zero-order chi connectivity index (χ0) is 13.0. The van der Waals surface area contributed by atoms with Gasteiger partial charge in [-0.25, -0.2) is 0 Å². The number of hydrogen-bond acceptors (Lipinski definition) is 2. The lowest BCUT2D eigenvalue weighted by atomic mass is 10.1. The van der Waals surface area contributed by atoms with Gasteiger partial charge >= 0.3 is 0 Å². The highest BCUT2D eigenvalue weighted by Gasteiger charge is 1.99. The Bertz CT molecular complexity index is 540. The fourth-order valence-corrected chi connectivity index (χ4v) is 2.16. The van der Waals surface area contributed by atoms with Crippen molar-refractivity contribution in [1.29, 1.82) is 0 Å². The third-order valence-corrected chi connectivity index (χ3v) is 3.70. The topological polar surface area (TPSA) is 32.3 Å². The Morgan fingerprint density at radius 1 is 1.11 bits per heavy atom. The molecule has 2 rings (SSSR count). The molecule has 2 nitrogen and oxygen atoms in total. The van der Waals surface area contributed by atoms with Crippen molar-refractivity contribution in [3.63, 3.8) is 0 Å². The summed E-state index contributed by atoms with van der Waals surface area (Å²) < 4.78 is 1.13. The Morgan fingerprint density at radius 3 is 2.67 bits per heavy atom. The number of anilines is 1. The van der Waals surface area contributed by atoms with Crippen molar-refractivity contribution in [3.05, 3.63) is 63.6 Å². The summed E-state index contributed by atoms with van der Waals surface area (Å²) in [7, 11) is 0. The smallest absolute Gasteiger partial charge is 0.0682 e. The van der Waals surface area contributed by atoms with E-state index in [9.17, 15) is 0 Å². The molecule has 2 N–H and O–H groups in total. The van der Waals surface area contributed by atoms with Gasteiger partial charge < -0.3 is 10.4 Å². The summed E-state index contributed by atoms with van der Waals surface area (Å²) in [6, 6.07) is 14.2. The first-order valence-electron chi connectivity index (χ1n) is 5.88. The first-order chi connectivity index (χ1) is 8.69. The first kappa shape index (κ1) is 13.1. The largest absolute Gasteiger partial charge is 0.392 e. The number of rotatable bonds is 4. The maximum Gasteiger partial charge on any atom is 0.0682 e. The van der Waals surface area contributed by atoms with Gasteiger partial charge in [-0.15, -0.1) is 0 Å². The summed E-state index contributed by atoms with van der Waals surface area (Å²) in [6.07, 6.45) is 0. The summed E-state index contributed by atoms with van der Waals surface area (Å²) in [5.41, 5.74) is 4.41. The predicted octanol–water partition coefficient (Wildman–Crippen LogP) is 3.86. The van der Waals surface area contributed by atoms with Gasteiger partial charge in [0.2, 0.25) is 0 Å². The van der Waals surface area contributed by atoms with Gasteiger partial charge in [-0.2, -0.15) is 0 Å². The van der Waals surface area contributed by atoms with Gasteiger partial charge in [0.1, 0.15) is 0 Å². The molecule has 3 heteroatoms. The van der Waals surface area contributed by atoms with Crippen molar-refractivity contribution in [2.45, 2.75) is 20.1 Å². The van der Waals surface area contributed by atoms with Gasteiger partial charge in [-0.1, -0.05) is 40.2 Å². The van der Waals surface area contributed by atoms with Crippen LogP contribution < -0.4 is 5.32 Å². The molecule has 2 aromatic rings. The molecule has 94 valence electrons. The monoisotopic (exact) mass is 305 g/mol. The van der Waals surface area contributed by atoms with E-state index in [1.807, 2.05) is 24.3 Å². The van der Waals surface area contributed by atoms with Crippen molar-refractivity contribution in [3.8, 4) is 0 Å². The van der Waals surface area contributed by atoms with Gasteiger partial charge in [-0.05, 0) is 41.8 Å². The van der Waals surface area contributed by atoms with Crippen LogP contribution in [0, 0.1) is 6.92 Å². The Balaban J connectivity index is 2.04. The Morgan fingerprint density at radius 2 is 1.94 bits per heavy atom. The van der Waals surface area contributed by atoms with E-state index in [4.69, 9.17) is 5.11 Å². The second kappa shape index (κ2) is 6.03. The highest BCUT2D eigenvalue weighted by atomic mass is 79.9. The van der Waals surface area contributed by atoms with E-state index in [1.54, 1.807) is 0 Å². The zero-order valence-corrected chi connectivity index (χ0v) is 11.9. The second-order valence-corrected chi connectivity index (χ2v) is 5.15. The van der Waals surface area contributed by atoms with Crippen LogP contribution in [0.25, 0.3) is 0 Å². The molecule has 0 aliphatic carbocycles. The average molecular weight is 306 g/mol. The van der Waals surface area contributed by atoms with Gasteiger partial charge in [0.05, 0.1) is 6.61 Å².